The first-order valence-electron chi connectivity index (χ1n) is 45.1. The Hall–Kier alpha value is -16.3. The monoisotopic (exact) mass is 1670 g/mol. The Kier molecular flexibility index (Phi) is 22.1. The molecule has 19 aromatic carbocycles. The second-order valence-electron chi connectivity index (χ2n) is 34.2. The summed E-state index contributed by atoms with van der Waals surface area (Å²) in [6.45, 7) is 10.9. The van der Waals surface area contributed by atoms with Crippen LogP contribution in [0.3, 0.4) is 0 Å². The lowest BCUT2D eigenvalue weighted by atomic mass is 9.91. The first-order chi connectivity index (χ1) is 64.1. The molecule has 622 valence electrons. The normalized spacial score (nSPS) is 12.4. The van der Waals surface area contributed by atoms with E-state index in [1.54, 1.807) is 0 Å². The second-order valence-corrected chi connectivity index (χ2v) is 34.2. The van der Waals surface area contributed by atoms with Crippen LogP contribution in [0.4, 0.5) is 0 Å². The van der Waals surface area contributed by atoms with Crippen molar-refractivity contribution in [2.45, 2.75) is 47.0 Å². The summed E-state index contributed by atoms with van der Waals surface area (Å²) in [7, 11) is 0. The van der Waals surface area contributed by atoms with Gasteiger partial charge in [-0.25, -0.2) is 0 Å². The standard InChI is InChI=1S/C25H19N.C25H21N.3C25H19N/c1-18-9-7-15-23-22-14-5-6-16-24(22)26(25(18)23)21-13-8-12-20(17-21)19-10-3-2-4-11-19;1-18-9-7-16-24-25(18)22-14-5-6-15-23(22)26(24)21-13-8-12-20(17-21)19-10-3-2-4-11-19;1-18-14-15-25-23(16-18)22-12-5-6-13-24(22)26(25)21-11-7-10-20(17-21)19-8-3-2-4-9-19;1-18-14-15-23-22-12-5-6-13-24(22)26(25(23)16-18)21-11-7-10-20(17-21)19-8-3-2-4-9-19;1-18-11-16-23-22-9-5-6-10-24(22)26(25(23)17-18)21-14-12-20(13-15-21)19-7-3-2-4-8-19/h2-17H,1H3;2-11,13-17,20H,12H2,1H3;3*2-17H,1H3. The summed E-state index contributed by atoms with van der Waals surface area (Å²) in [5.74, 6) is 0.428. The van der Waals surface area contributed by atoms with Crippen LogP contribution in [0.25, 0.3) is 182 Å². The lowest BCUT2D eigenvalue weighted by molar-refractivity contribution is 0.849. The summed E-state index contributed by atoms with van der Waals surface area (Å²) in [4.78, 5) is 0. The summed E-state index contributed by atoms with van der Waals surface area (Å²) >= 11 is 0. The molecule has 1 aliphatic rings. The Balaban J connectivity index is 0.0000000983. The fraction of sp³-hybridized carbons (Fsp3) is 0.0560. The number of nitrogens with zero attached hydrogens (tertiary/aromatic N) is 5. The highest BCUT2D eigenvalue weighted by Gasteiger charge is 2.22. The smallest absolute Gasteiger partial charge is 0.0570 e. The third kappa shape index (κ3) is 15.6. The second kappa shape index (κ2) is 35.6. The van der Waals surface area contributed by atoms with Crippen LogP contribution < -0.4 is 0 Å². The van der Waals surface area contributed by atoms with E-state index < -0.39 is 0 Å². The van der Waals surface area contributed by atoms with Gasteiger partial charge in [-0.05, 0) is 229 Å². The van der Waals surface area contributed by atoms with Crippen LogP contribution in [0.5, 0.6) is 0 Å². The van der Waals surface area contributed by atoms with Crippen molar-refractivity contribution < 1.29 is 0 Å². The Morgan fingerprint density at radius 1 is 0.200 bits per heavy atom. The van der Waals surface area contributed by atoms with Crippen LogP contribution in [-0.2, 0) is 0 Å². The molecule has 130 heavy (non-hydrogen) atoms. The molecule has 5 heterocycles. The van der Waals surface area contributed by atoms with E-state index in [9.17, 15) is 0 Å². The van der Waals surface area contributed by atoms with Gasteiger partial charge in [0.05, 0.1) is 55.2 Å². The molecule has 5 aromatic heterocycles. The van der Waals surface area contributed by atoms with E-state index in [-0.39, 0.29) is 0 Å². The minimum atomic E-state index is 0.428. The zero-order chi connectivity index (χ0) is 87.5. The molecule has 25 rings (SSSR count). The predicted octanol–water partition coefficient (Wildman–Crippen LogP) is 33.7. The molecule has 0 aliphatic heterocycles. The van der Waals surface area contributed by atoms with Crippen LogP contribution in [-0.4, -0.2) is 22.8 Å². The minimum Gasteiger partial charge on any atom is -0.310 e. The van der Waals surface area contributed by atoms with Crippen LogP contribution >= 0.6 is 0 Å². The molecular weight excluding hydrogens is 1570 g/mol. The fourth-order valence-electron chi connectivity index (χ4n) is 19.6. The lowest BCUT2D eigenvalue weighted by Gasteiger charge is -2.19. The molecule has 0 saturated carbocycles. The van der Waals surface area contributed by atoms with Crippen molar-refractivity contribution >= 4 is 115 Å². The summed E-state index contributed by atoms with van der Waals surface area (Å²) in [5.41, 5.74) is 36.5. The van der Waals surface area contributed by atoms with Gasteiger partial charge in [-0.15, -0.1) is 0 Å². The number of aromatic nitrogens is 5. The zero-order valence-corrected chi connectivity index (χ0v) is 73.6. The van der Waals surface area contributed by atoms with Crippen molar-refractivity contribution in [1.29, 1.82) is 0 Å². The topological polar surface area (TPSA) is 24.6 Å². The van der Waals surface area contributed by atoms with E-state index in [1.165, 1.54) is 215 Å². The highest BCUT2D eigenvalue weighted by Crippen LogP contribution is 2.42. The fourth-order valence-corrected chi connectivity index (χ4v) is 19.6. The Labute approximate surface area is 759 Å². The van der Waals surface area contributed by atoms with Gasteiger partial charge in [-0.1, -0.05) is 370 Å². The molecule has 1 atom stereocenters. The SMILES string of the molecule is Cc1ccc2c(c1)c1ccccc1n2-c1cccc(-c2ccccc2)c1.Cc1ccc2c3ccccc3n(-c3ccc(-c4ccccc4)cc3)c2c1.Cc1ccc2c3ccccc3n(-c3cccc(-c4ccccc4)c3)c2c1.Cc1cccc2c1c1ccccc1n2C1=CC(c2ccccc2)CC=C1.Cc1cccc2c3ccccc3n(-c3cccc(-c4ccccc4)c3)c12. The van der Waals surface area contributed by atoms with Gasteiger partial charge in [-0.3, -0.25) is 0 Å². The maximum absolute atomic E-state index is 2.42. The number of hydrogen-bond acceptors (Lipinski definition) is 0. The van der Waals surface area contributed by atoms with Gasteiger partial charge < -0.3 is 22.8 Å². The van der Waals surface area contributed by atoms with Gasteiger partial charge in [0.2, 0.25) is 0 Å². The van der Waals surface area contributed by atoms with Crippen molar-refractivity contribution in [1.82, 2.24) is 22.8 Å². The van der Waals surface area contributed by atoms with E-state index in [0.29, 0.717) is 5.92 Å². The van der Waals surface area contributed by atoms with Crippen molar-refractivity contribution in [2.75, 3.05) is 0 Å². The quantitative estimate of drug-likeness (QED) is 0.130. The maximum Gasteiger partial charge on any atom is 0.0570 e. The first kappa shape index (κ1) is 80.8. The Morgan fingerprint density at radius 2 is 0.531 bits per heavy atom. The van der Waals surface area contributed by atoms with E-state index in [1.807, 2.05) is 0 Å². The lowest BCUT2D eigenvalue weighted by Crippen LogP contribution is -2.03. The number of aryl methyl sites for hydroxylation is 5. The van der Waals surface area contributed by atoms with Gasteiger partial charge >= 0.3 is 0 Å². The van der Waals surface area contributed by atoms with Crippen molar-refractivity contribution in [3.63, 3.8) is 0 Å². The summed E-state index contributed by atoms with van der Waals surface area (Å²) < 4.78 is 11.9. The van der Waals surface area contributed by atoms with Gasteiger partial charge in [0.15, 0.2) is 0 Å². The molecule has 0 radical (unpaired) electrons. The van der Waals surface area contributed by atoms with Crippen LogP contribution in [0, 0.1) is 34.6 Å². The Morgan fingerprint density at radius 3 is 1.04 bits per heavy atom. The summed E-state index contributed by atoms with van der Waals surface area (Å²) in [6.07, 6.45) is 8.06. The van der Waals surface area contributed by atoms with E-state index >= 15 is 0 Å². The van der Waals surface area contributed by atoms with E-state index in [4.69, 9.17) is 0 Å². The van der Waals surface area contributed by atoms with E-state index in [0.717, 1.165) is 6.42 Å². The summed E-state index contributed by atoms with van der Waals surface area (Å²) in [5, 5.41) is 13.1. The molecule has 1 unspecified atom stereocenters. The molecule has 5 nitrogen and oxygen atoms in total. The number of hydrogen-bond donors (Lipinski definition) is 0. The van der Waals surface area contributed by atoms with Crippen LogP contribution in [0.2, 0.25) is 0 Å². The van der Waals surface area contributed by atoms with Crippen molar-refractivity contribution in [2.24, 2.45) is 0 Å². The molecule has 0 spiro atoms. The van der Waals surface area contributed by atoms with Gasteiger partial charge in [0.25, 0.3) is 0 Å². The summed E-state index contributed by atoms with van der Waals surface area (Å²) in [6, 6.07) is 165. The van der Waals surface area contributed by atoms with Crippen molar-refractivity contribution in [3.05, 3.63) is 513 Å². The number of rotatable bonds is 10. The molecule has 0 bridgehead atoms. The van der Waals surface area contributed by atoms with Gasteiger partial charge in [0.1, 0.15) is 0 Å². The minimum absolute atomic E-state index is 0.428. The largest absolute Gasteiger partial charge is 0.310 e. The molecule has 0 N–H and O–H groups in total. The van der Waals surface area contributed by atoms with Crippen molar-refractivity contribution in [3.8, 4) is 67.3 Å². The number of benzene rings is 19. The first-order valence-corrected chi connectivity index (χ1v) is 45.1. The third-order valence-electron chi connectivity index (χ3n) is 25.7. The van der Waals surface area contributed by atoms with Gasteiger partial charge in [0, 0.05) is 88.2 Å². The maximum atomic E-state index is 2.42. The molecule has 0 fully saturated rings. The number of para-hydroxylation sites is 6. The molecule has 24 aromatic rings. The molecular formula is C125H97N5. The number of fused-ring (bicyclic) bond motifs is 15. The van der Waals surface area contributed by atoms with Crippen LogP contribution in [0.1, 0.15) is 45.7 Å². The predicted molar refractivity (Wildman–Crippen MR) is 555 cm³/mol. The highest BCUT2D eigenvalue weighted by atomic mass is 15.0. The third-order valence-corrected chi connectivity index (χ3v) is 25.7. The molecule has 1 aliphatic carbocycles. The molecule has 0 saturated heterocycles. The van der Waals surface area contributed by atoms with Gasteiger partial charge in [-0.2, -0.15) is 0 Å². The number of allylic oxidation sites excluding steroid dienone is 4. The molecule has 5 heteroatoms. The average Bonchev–Trinajstić information content (AvgIpc) is 1.59. The Bertz CT molecular complexity index is 8330. The van der Waals surface area contributed by atoms with E-state index in [2.05, 4.69) is 537 Å². The average molecular weight is 1670 g/mol. The zero-order valence-electron chi connectivity index (χ0n) is 73.6. The van der Waals surface area contributed by atoms with Crippen LogP contribution in [0.15, 0.2) is 479 Å². The highest BCUT2D eigenvalue weighted by molar-refractivity contribution is 6.15. The molecule has 0 amide bonds.